The van der Waals surface area contributed by atoms with Gasteiger partial charge in [-0.1, -0.05) is 12.1 Å². The number of methoxy groups -OCH3 is 1. The molecule has 0 spiro atoms. The van der Waals surface area contributed by atoms with Crippen LogP contribution in [-0.2, 0) is 4.79 Å². The van der Waals surface area contributed by atoms with Crippen molar-refractivity contribution in [3.8, 4) is 28.1 Å². The van der Waals surface area contributed by atoms with E-state index in [1.165, 1.54) is 6.92 Å². The number of pyridine rings is 2. The minimum absolute atomic E-state index is 0.0952. The van der Waals surface area contributed by atoms with E-state index in [0.29, 0.717) is 5.88 Å². The molecule has 0 aliphatic carbocycles. The van der Waals surface area contributed by atoms with E-state index in [4.69, 9.17) is 4.74 Å². The quantitative estimate of drug-likeness (QED) is 0.598. The lowest BCUT2D eigenvalue weighted by Gasteiger charge is -2.11. The summed E-state index contributed by atoms with van der Waals surface area (Å²) in [6, 6.07) is 13.7. The zero-order valence-corrected chi connectivity index (χ0v) is 15.0. The number of fused-ring (bicyclic) bond motifs is 1. The second kappa shape index (κ2) is 6.92. The van der Waals surface area contributed by atoms with E-state index in [0.717, 1.165) is 33.5 Å². The Morgan fingerprint density at radius 3 is 2.70 bits per heavy atom. The number of aromatic nitrogens is 3. The zero-order valence-electron chi connectivity index (χ0n) is 15.0. The lowest BCUT2D eigenvalue weighted by Crippen LogP contribution is -2.05. The van der Waals surface area contributed by atoms with Gasteiger partial charge in [0.2, 0.25) is 11.8 Å². The monoisotopic (exact) mass is 358 g/mol. The fraction of sp³-hybridized carbons (Fsp3) is 0.0952. The van der Waals surface area contributed by atoms with Crippen molar-refractivity contribution in [3.05, 3.63) is 67.4 Å². The third-order valence-electron chi connectivity index (χ3n) is 4.29. The summed E-state index contributed by atoms with van der Waals surface area (Å²) < 4.78 is 7.14. The van der Waals surface area contributed by atoms with Crippen molar-refractivity contribution in [2.24, 2.45) is 0 Å². The number of amides is 1. The Morgan fingerprint density at radius 1 is 1.07 bits per heavy atom. The van der Waals surface area contributed by atoms with Crippen molar-refractivity contribution < 1.29 is 9.53 Å². The molecule has 1 N–H and O–H groups in total. The molecule has 4 rings (SSSR count). The van der Waals surface area contributed by atoms with Crippen LogP contribution in [0.3, 0.4) is 0 Å². The van der Waals surface area contributed by atoms with E-state index < -0.39 is 0 Å². The predicted molar refractivity (Wildman–Crippen MR) is 105 cm³/mol. The van der Waals surface area contributed by atoms with E-state index in [1.807, 2.05) is 53.2 Å². The number of hydrogen-bond donors (Lipinski definition) is 1. The second-order valence-corrected chi connectivity index (χ2v) is 6.18. The lowest BCUT2D eigenvalue weighted by atomic mass is 10.0. The number of carbonyl (C=O) groups is 1. The standard InChI is InChI=1S/C21H18N4O2/c1-14(26)24-18-5-3-4-15(8-18)17-9-19(20-11-22-13-25(20)12-17)16-6-7-21(27-2)23-10-16/h3-13H,1-2H3,(H,24,26). The molecule has 0 aliphatic rings. The van der Waals surface area contributed by atoms with Gasteiger partial charge in [0.15, 0.2) is 0 Å². The number of hydrogen-bond acceptors (Lipinski definition) is 4. The Balaban J connectivity index is 1.84. The van der Waals surface area contributed by atoms with Crippen LogP contribution in [0.1, 0.15) is 6.92 Å². The third-order valence-corrected chi connectivity index (χ3v) is 4.29. The lowest BCUT2D eigenvalue weighted by molar-refractivity contribution is -0.114. The Bertz CT molecular complexity index is 1120. The molecule has 6 nitrogen and oxygen atoms in total. The highest BCUT2D eigenvalue weighted by molar-refractivity contribution is 5.90. The molecule has 27 heavy (non-hydrogen) atoms. The highest BCUT2D eigenvalue weighted by Crippen LogP contribution is 2.31. The Kier molecular flexibility index (Phi) is 4.30. The van der Waals surface area contributed by atoms with Gasteiger partial charge in [-0.3, -0.25) is 4.79 Å². The highest BCUT2D eigenvalue weighted by atomic mass is 16.5. The van der Waals surface area contributed by atoms with Gasteiger partial charge in [0.1, 0.15) is 0 Å². The maximum atomic E-state index is 11.4. The van der Waals surface area contributed by atoms with Crippen molar-refractivity contribution in [1.82, 2.24) is 14.4 Å². The SMILES string of the molecule is COc1ccc(-c2cc(-c3cccc(NC(C)=O)c3)cn3cncc23)cn1. The average Bonchev–Trinajstić information content (AvgIpc) is 3.16. The van der Waals surface area contributed by atoms with Gasteiger partial charge >= 0.3 is 0 Å². The van der Waals surface area contributed by atoms with E-state index in [2.05, 4.69) is 21.4 Å². The van der Waals surface area contributed by atoms with Crippen LogP contribution in [-0.4, -0.2) is 27.4 Å². The summed E-state index contributed by atoms with van der Waals surface area (Å²) in [5.41, 5.74) is 5.76. The molecule has 0 saturated heterocycles. The van der Waals surface area contributed by atoms with Crippen LogP contribution in [0.25, 0.3) is 27.8 Å². The molecule has 0 saturated carbocycles. The number of benzene rings is 1. The highest BCUT2D eigenvalue weighted by Gasteiger charge is 2.10. The number of anilines is 1. The van der Waals surface area contributed by atoms with Crippen molar-refractivity contribution in [2.75, 3.05) is 12.4 Å². The Morgan fingerprint density at radius 2 is 1.96 bits per heavy atom. The van der Waals surface area contributed by atoms with Crippen LogP contribution in [0.5, 0.6) is 5.88 Å². The van der Waals surface area contributed by atoms with E-state index >= 15 is 0 Å². The summed E-state index contributed by atoms with van der Waals surface area (Å²) in [6.45, 7) is 1.50. The fourth-order valence-corrected chi connectivity index (χ4v) is 3.06. The van der Waals surface area contributed by atoms with Gasteiger partial charge in [0, 0.05) is 42.2 Å². The van der Waals surface area contributed by atoms with E-state index in [1.54, 1.807) is 19.6 Å². The van der Waals surface area contributed by atoms with E-state index in [-0.39, 0.29) is 5.91 Å². The summed E-state index contributed by atoms with van der Waals surface area (Å²) in [6.07, 6.45) is 7.42. The van der Waals surface area contributed by atoms with Crippen LogP contribution in [0.4, 0.5) is 5.69 Å². The third kappa shape index (κ3) is 3.37. The molecule has 6 heteroatoms. The predicted octanol–water partition coefficient (Wildman–Crippen LogP) is 4.03. The molecule has 1 aromatic carbocycles. The van der Waals surface area contributed by atoms with Crippen molar-refractivity contribution in [1.29, 1.82) is 0 Å². The minimum atomic E-state index is -0.0952. The molecule has 0 bridgehead atoms. The summed E-state index contributed by atoms with van der Waals surface area (Å²) in [5.74, 6) is 0.477. The number of rotatable bonds is 4. The smallest absolute Gasteiger partial charge is 0.221 e. The first-order valence-electron chi connectivity index (χ1n) is 8.48. The molecular formula is C21H18N4O2. The Labute approximate surface area is 156 Å². The molecule has 3 heterocycles. The van der Waals surface area contributed by atoms with Gasteiger partial charge in [-0.15, -0.1) is 0 Å². The molecule has 0 unspecified atom stereocenters. The van der Waals surface area contributed by atoms with Crippen LogP contribution >= 0.6 is 0 Å². The molecule has 0 aliphatic heterocycles. The van der Waals surface area contributed by atoms with Gasteiger partial charge in [-0.25, -0.2) is 9.97 Å². The molecular weight excluding hydrogens is 340 g/mol. The number of imidazole rings is 1. The molecule has 134 valence electrons. The number of carbonyl (C=O) groups excluding carboxylic acids is 1. The Hall–Kier alpha value is -3.67. The topological polar surface area (TPSA) is 68.5 Å². The van der Waals surface area contributed by atoms with Gasteiger partial charge in [-0.05, 0) is 35.4 Å². The number of nitrogens with one attached hydrogen (secondary N) is 1. The molecule has 1 amide bonds. The summed E-state index contributed by atoms with van der Waals surface area (Å²) in [7, 11) is 1.60. The maximum absolute atomic E-state index is 11.4. The van der Waals surface area contributed by atoms with Gasteiger partial charge in [-0.2, -0.15) is 0 Å². The first-order chi connectivity index (χ1) is 13.1. The van der Waals surface area contributed by atoms with Crippen LogP contribution in [0, 0.1) is 0 Å². The first kappa shape index (κ1) is 16.8. The van der Waals surface area contributed by atoms with Gasteiger partial charge in [0.05, 0.1) is 25.2 Å². The van der Waals surface area contributed by atoms with Gasteiger partial charge < -0.3 is 14.5 Å². The van der Waals surface area contributed by atoms with Crippen LogP contribution in [0.2, 0.25) is 0 Å². The fourth-order valence-electron chi connectivity index (χ4n) is 3.06. The molecule has 0 radical (unpaired) electrons. The summed E-state index contributed by atoms with van der Waals surface area (Å²) in [5, 5.41) is 2.82. The first-order valence-corrected chi connectivity index (χ1v) is 8.48. The molecule has 0 fully saturated rings. The molecule has 0 atom stereocenters. The van der Waals surface area contributed by atoms with Crippen LogP contribution < -0.4 is 10.1 Å². The largest absolute Gasteiger partial charge is 0.481 e. The second-order valence-electron chi connectivity index (χ2n) is 6.18. The average molecular weight is 358 g/mol. The number of nitrogens with zero attached hydrogens (tertiary/aromatic N) is 3. The normalized spacial score (nSPS) is 10.7. The van der Waals surface area contributed by atoms with Gasteiger partial charge in [0.25, 0.3) is 0 Å². The molecule has 4 aromatic rings. The summed E-state index contributed by atoms with van der Waals surface area (Å²) >= 11 is 0. The minimum Gasteiger partial charge on any atom is -0.481 e. The van der Waals surface area contributed by atoms with E-state index in [9.17, 15) is 4.79 Å². The van der Waals surface area contributed by atoms with Crippen molar-refractivity contribution >= 4 is 17.1 Å². The maximum Gasteiger partial charge on any atom is 0.221 e. The zero-order chi connectivity index (χ0) is 18.8. The van der Waals surface area contributed by atoms with Crippen molar-refractivity contribution in [2.45, 2.75) is 6.92 Å². The number of ether oxygens (including phenoxy) is 1. The van der Waals surface area contributed by atoms with Crippen LogP contribution in [0.15, 0.2) is 67.4 Å². The summed E-state index contributed by atoms with van der Waals surface area (Å²) in [4.78, 5) is 19.9. The molecule has 3 aromatic heterocycles. The van der Waals surface area contributed by atoms with Crippen molar-refractivity contribution in [3.63, 3.8) is 0 Å².